The summed E-state index contributed by atoms with van der Waals surface area (Å²) < 4.78 is 17.8. The van der Waals surface area contributed by atoms with Gasteiger partial charge in [-0.3, -0.25) is 14.6 Å². The summed E-state index contributed by atoms with van der Waals surface area (Å²) in [7, 11) is 1.28. The van der Waals surface area contributed by atoms with Crippen molar-refractivity contribution >= 4 is 29.0 Å². The highest BCUT2D eigenvalue weighted by Gasteiger charge is 2.39. The van der Waals surface area contributed by atoms with Crippen LogP contribution in [0.4, 0.5) is 10.1 Å². The van der Waals surface area contributed by atoms with E-state index in [9.17, 15) is 14.0 Å². The predicted octanol–water partition coefficient (Wildman–Crippen LogP) is 2.58. The largest absolute Gasteiger partial charge is 0.469 e. The minimum absolute atomic E-state index is 0.0937. The summed E-state index contributed by atoms with van der Waals surface area (Å²) >= 11 is 0. The molecule has 0 spiro atoms. The monoisotopic (exact) mass is 333 g/mol. The molecule has 1 aliphatic rings. The number of nitrogens with zero attached hydrogens (tertiary/aromatic N) is 3. The SMILES string of the molecule is CCCN=C(C)C1C(=O)N(c2ccc(F)cc2)N=C1CC(=O)OC. The van der Waals surface area contributed by atoms with Gasteiger partial charge in [0.1, 0.15) is 11.7 Å². The molecular weight excluding hydrogens is 313 g/mol. The van der Waals surface area contributed by atoms with Gasteiger partial charge < -0.3 is 4.74 Å². The van der Waals surface area contributed by atoms with Gasteiger partial charge in [-0.15, -0.1) is 0 Å². The average Bonchev–Trinajstić information content (AvgIpc) is 2.89. The third-order valence-corrected chi connectivity index (χ3v) is 3.64. The molecule has 0 saturated carbocycles. The maximum atomic E-state index is 13.1. The second-order valence-corrected chi connectivity index (χ2v) is 5.43. The Morgan fingerprint density at radius 2 is 2.04 bits per heavy atom. The number of hydrogen-bond donors (Lipinski definition) is 0. The summed E-state index contributed by atoms with van der Waals surface area (Å²) in [6, 6.07) is 5.44. The van der Waals surface area contributed by atoms with E-state index in [4.69, 9.17) is 0 Å². The molecule has 128 valence electrons. The molecule has 1 aliphatic heterocycles. The van der Waals surface area contributed by atoms with E-state index < -0.39 is 17.7 Å². The standard InChI is InChI=1S/C17H20FN3O3/c1-4-9-19-11(2)16-14(10-15(22)24-3)20-21(17(16)23)13-7-5-12(18)6-8-13/h5-8,16H,4,9-10H2,1-3H3. The maximum absolute atomic E-state index is 13.1. The van der Waals surface area contributed by atoms with E-state index in [0.29, 0.717) is 23.7 Å². The molecular formula is C17H20FN3O3. The molecule has 0 aromatic heterocycles. The fraction of sp³-hybridized carbons (Fsp3) is 0.412. The van der Waals surface area contributed by atoms with Crippen LogP contribution in [0.1, 0.15) is 26.7 Å². The normalized spacial score (nSPS) is 17.9. The first-order valence-corrected chi connectivity index (χ1v) is 7.72. The predicted molar refractivity (Wildman–Crippen MR) is 89.7 cm³/mol. The van der Waals surface area contributed by atoms with Gasteiger partial charge in [0.15, 0.2) is 0 Å². The lowest BCUT2D eigenvalue weighted by atomic mass is 9.96. The first-order valence-electron chi connectivity index (χ1n) is 7.72. The van der Waals surface area contributed by atoms with Crippen molar-refractivity contribution in [1.82, 2.24) is 0 Å². The Kier molecular flexibility index (Phi) is 5.78. The first-order chi connectivity index (χ1) is 11.5. The van der Waals surface area contributed by atoms with Crippen LogP contribution in [0, 0.1) is 11.7 Å². The van der Waals surface area contributed by atoms with Crippen molar-refractivity contribution in [3.05, 3.63) is 30.1 Å². The van der Waals surface area contributed by atoms with E-state index in [1.807, 2.05) is 6.92 Å². The average molecular weight is 333 g/mol. The van der Waals surface area contributed by atoms with Crippen LogP contribution in [-0.4, -0.2) is 37.0 Å². The van der Waals surface area contributed by atoms with E-state index in [0.717, 1.165) is 6.42 Å². The van der Waals surface area contributed by atoms with E-state index in [1.54, 1.807) is 6.92 Å². The summed E-state index contributed by atoms with van der Waals surface area (Å²) in [6.45, 7) is 4.33. The van der Waals surface area contributed by atoms with Crippen LogP contribution >= 0.6 is 0 Å². The molecule has 24 heavy (non-hydrogen) atoms. The molecule has 0 radical (unpaired) electrons. The topological polar surface area (TPSA) is 71.3 Å². The lowest BCUT2D eigenvalue weighted by Gasteiger charge is -2.14. The Bertz CT molecular complexity index is 683. The molecule has 0 aliphatic carbocycles. The first kappa shape index (κ1) is 17.8. The van der Waals surface area contributed by atoms with Gasteiger partial charge in [0.05, 0.1) is 24.9 Å². The number of hydrogen-bond acceptors (Lipinski definition) is 5. The van der Waals surface area contributed by atoms with Gasteiger partial charge in [0.25, 0.3) is 5.91 Å². The van der Waals surface area contributed by atoms with Gasteiger partial charge in [-0.2, -0.15) is 10.1 Å². The lowest BCUT2D eigenvalue weighted by molar-refractivity contribution is -0.139. The van der Waals surface area contributed by atoms with E-state index in [-0.39, 0.29) is 12.3 Å². The quantitative estimate of drug-likeness (QED) is 0.593. The zero-order chi connectivity index (χ0) is 17.7. The van der Waals surface area contributed by atoms with Gasteiger partial charge in [0.2, 0.25) is 0 Å². The van der Waals surface area contributed by atoms with Crippen LogP contribution in [-0.2, 0) is 14.3 Å². The Labute approximate surface area is 140 Å². The molecule has 0 fully saturated rings. The number of rotatable bonds is 6. The number of halogens is 1. The van der Waals surface area contributed by atoms with Crippen molar-refractivity contribution in [2.24, 2.45) is 16.0 Å². The van der Waals surface area contributed by atoms with Gasteiger partial charge >= 0.3 is 5.97 Å². The number of methoxy groups -OCH3 is 1. The molecule has 0 N–H and O–H groups in total. The van der Waals surface area contributed by atoms with Crippen molar-refractivity contribution in [2.75, 3.05) is 18.7 Å². The highest BCUT2D eigenvalue weighted by molar-refractivity contribution is 6.30. The van der Waals surface area contributed by atoms with Crippen LogP contribution < -0.4 is 5.01 Å². The summed E-state index contributed by atoms with van der Waals surface area (Å²) in [5.41, 5.74) is 1.43. The van der Waals surface area contributed by atoms with Gasteiger partial charge in [-0.05, 0) is 37.6 Å². The fourth-order valence-electron chi connectivity index (χ4n) is 2.42. The number of hydrazone groups is 1. The molecule has 2 rings (SSSR count). The van der Waals surface area contributed by atoms with Crippen LogP contribution in [0.2, 0.25) is 0 Å². The smallest absolute Gasteiger partial charge is 0.311 e. The molecule has 1 aromatic rings. The van der Waals surface area contributed by atoms with Gasteiger partial charge in [-0.25, -0.2) is 4.39 Å². The van der Waals surface area contributed by atoms with E-state index in [1.165, 1.54) is 36.4 Å². The van der Waals surface area contributed by atoms with Gasteiger partial charge in [-0.1, -0.05) is 6.92 Å². The number of esters is 1. The molecule has 1 amide bonds. The van der Waals surface area contributed by atoms with Crippen LogP contribution in [0.25, 0.3) is 0 Å². The molecule has 1 heterocycles. The van der Waals surface area contributed by atoms with E-state index in [2.05, 4.69) is 14.8 Å². The zero-order valence-corrected chi connectivity index (χ0v) is 14.0. The summed E-state index contributed by atoms with van der Waals surface area (Å²) in [4.78, 5) is 28.8. The summed E-state index contributed by atoms with van der Waals surface area (Å²) in [5, 5.41) is 5.45. The minimum atomic E-state index is -0.694. The van der Waals surface area contributed by atoms with E-state index >= 15 is 0 Å². The molecule has 6 nitrogen and oxygen atoms in total. The molecule has 0 bridgehead atoms. The van der Waals surface area contributed by atoms with Crippen molar-refractivity contribution in [1.29, 1.82) is 0 Å². The van der Waals surface area contributed by atoms with Crippen LogP contribution in [0.3, 0.4) is 0 Å². The molecule has 0 saturated heterocycles. The molecule has 1 unspecified atom stereocenters. The Morgan fingerprint density at radius 1 is 1.38 bits per heavy atom. The Balaban J connectivity index is 2.35. The maximum Gasteiger partial charge on any atom is 0.311 e. The summed E-state index contributed by atoms with van der Waals surface area (Å²) in [6.07, 6.45) is 0.757. The zero-order valence-electron chi connectivity index (χ0n) is 14.0. The molecule has 1 atom stereocenters. The molecule has 7 heteroatoms. The lowest BCUT2D eigenvalue weighted by Crippen LogP contribution is -2.33. The number of carbonyl (C=O) groups is 2. The number of amides is 1. The van der Waals surface area contributed by atoms with Crippen molar-refractivity contribution in [2.45, 2.75) is 26.7 Å². The number of benzene rings is 1. The highest BCUT2D eigenvalue weighted by atomic mass is 19.1. The number of aliphatic imine (C=N–C) groups is 1. The number of ether oxygens (including phenoxy) is 1. The Hall–Kier alpha value is -2.57. The Morgan fingerprint density at radius 3 is 2.62 bits per heavy atom. The van der Waals surface area contributed by atoms with Crippen molar-refractivity contribution in [3.63, 3.8) is 0 Å². The summed E-state index contributed by atoms with van der Waals surface area (Å²) in [5.74, 6) is -1.88. The number of carbonyl (C=O) groups excluding carboxylic acids is 2. The number of anilines is 1. The second kappa shape index (κ2) is 7.81. The molecule has 1 aromatic carbocycles. The van der Waals surface area contributed by atoms with Crippen molar-refractivity contribution < 1.29 is 18.7 Å². The van der Waals surface area contributed by atoms with Crippen molar-refractivity contribution in [3.8, 4) is 0 Å². The third-order valence-electron chi connectivity index (χ3n) is 3.64. The highest BCUT2D eigenvalue weighted by Crippen LogP contribution is 2.26. The minimum Gasteiger partial charge on any atom is -0.469 e. The third kappa shape index (κ3) is 3.84. The second-order valence-electron chi connectivity index (χ2n) is 5.43. The fourth-order valence-corrected chi connectivity index (χ4v) is 2.42. The van der Waals surface area contributed by atoms with Crippen LogP contribution in [0.5, 0.6) is 0 Å². The van der Waals surface area contributed by atoms with Crippen LogP contribution in [0.15, 0.2) is 34.4 Å². The van der Waals surface area contributed by atoms with Gasteiger partial charge in [0, 0.05) is 12.3 Å².